The summed E-state index contributed by atoms with van der Waals surface area (Å²) in [6.07, 6.45) is 1.59. The number of carbonyl (C=O) groups excluding carboxylic acids is 2. The van der Waals surface area contributed by atoms with Crippen molar-refractivity contribution in [1.29, 1.82) is 5.26 Å². The first kappa shape index (κ1) is 17.0. The van der Waals surface area contributed by atoms with Crippen molar-refractivity contribution in [3.8, 4) is 6.07 Å². The van der Waals surface area contributed by atoms with Crippen LogP contribution in [-0.4, -0.2) is 23.9 Å². The van der Waals surface area contributed by atoms with Gasteiger partial charge in [-0.15, -0.1) is 0 Å². The highest BCUT2D eigenvalue weighted by atomic mass is 35.5. The first-order valence-corrected chi connectivity index (χ1v) is 7.96. The van der Waals surface area contributed by atoms with Crippen LogP contribution in [0.4, 0.5) is 10.5 Å². The lowest BCUT2D eigenvalue weighted by atomic mass is 10.1. The van der Waals surface area contributed by atoms with E-state index in [1.807, 2.05) is 6.07 Å². The summed E-state index contributed by atoms with van der Waals surface area (Å²) >= 11 is 11.9. The number of hydrogen-bond donors (Lipinski definition) is 0. The Labute approximate surface area is 154 Å². The van der Waals surface area contributed by atoms with Gasteiger partial charge in [0.15, 0.2) is 0 Å². The molecule has 3 rings (SSSR count). The number of halogens is 2. The summed E-state index contributed by atoms with van der Waals surface area (Å²) in [5.74, 6) is -0.477. The molecule has 7 heteroatoms. The van der Waals surface area contributed by atoms with E-state index in [0.29, 0.717) is 26.9 Å². The molecule has 1 aliphatic heterocycles. The Morgan fingerprint density at radius 1 is 1.04 bits per heavy atom. The number of amides is 3. The van der Waals surface area contributed by atoms with Gasteiger partial charge in [0, 0.05) is 17.1 Å². The highest BCUT2D eigenvalue weighted by Gasteiger charge is 2.40. The molecule has 1 heterocycles. The van der Waals surface area contributed by atoms with Crippen LogP contribution in [0.3, 0.4) is 0 Å². The largest absolute Gasteiger partial charge is 0.336 e. The average Bonchev–Trinajstić information content (AvgIpc) is 2.78. The van der Waals surface area contributed by atoms with Gasteiger partial charge < -0.3 is 0 Å². The lowest BCUT2D eigenvalue weighted by molar-refractivity contribution is -0.114. The molecular formula is C18H11Cl2N3O2. The number of rotatable bonds is 2. The highest BCUT2D eigenvalue weighted by Crippen LogP contribution is 2.31. The lowest BCUT2D eigenvalue weighted by Crippen LogP contribution is -2.31. The van der Waals surface area contributed by atoms with Gasteiger partial charge >= 0.3 is 6.03 Å². The van der Waals surface area contributed by atoms with Crippen LogP contribution in [0, 0.1) is 11.3 Å². The van der Waals surface area contributed by atoms with Crippen molar-refractivity contribution in [2.24, 2.45) is 0 Å². The van der Waals surface area contributed by atoms with Gasteiger partial charge in [-0.05, 0) is 42.0 Å². The minimum Gasteiger partial charge on any atom is -0.292 e. The van der Waals surface area contributed by atoms with Gasteiger partial charge in [0.25, 0.3) is 5.91 Å². The van der Waals surface area contributed by atoms with Crippen molar-refractivity contribution in [2.75, 3.05) is 11.9 Å². The van der Waals surface area contributed by atoms with Gasteiger partial charge in [-0.2, -0.15) is 5.26 Å². The molecule has 0 unspecified atom stereocenters. The molecule has 0 spiro atoms. The molecule has 2 aromatic rings. The van der Waals surface area contributed by atoms with Crippen molar-refractivity contribution in [3.05, 3.63) is 69.3 Å². The van der Waals surface area contributed by atoms with Crippen LogP contribution in [0.5, 0.6) is 0 Å². The van der Waals surface area contributed by atoms with Crippen LogP contribution >= 0.6 is 23.2 Å². The van der Waals surface area contributed by atoms with Gasteiger partial charge in [0.2, 0.25) is 0 Å². The summed E-state index contributed by atoms with van der Waals surface area (Å²) in [5.41, 5.74) is 1.74. The van der Waals surface area contributed by atoms with E-state index in [-0.39, 0.29) is 5.70 Å². The number of urea groups is 1. The third kappa shape index (κ3) is 3.22. The van der Waals surface area contributed by atoms with Gasteiger partial charge in [0.1, 0.15) is 5.70 Å². The lowest BCUT2D eigenvalue weighted by Gasteiger charge is -2.14. The van der Waals surface area contributed by atoms with Crippen LogP contribution in [-0.2, 0) is 4.79 Å². The predicted octanol–water partition coefficient (Wildman–Crippen LogP) is 4.30. The maximum atomic E-state index is 12.7. The Hall–Kier alpha value is -2.81. The van der Waals surface area contributed by atoms with Gasteiger partial charge in [0.05, 0.1) is 17.3 Å². The smallest absolute Gasteiger partial charge is 0.292 e. The zero-order valence-corrected chi connectivity index (χ0v) is 14.5. The Morgan fingerprint density at radius 2 is 1.64 bits per heavy atom. The predicted molar refractivity (Wildman–Crippen MR) is 96.2 cm³/mol. The van der Waals surface area contributed by atoms with Crippen LogP contribution < -0.4 is 4.90 Å². The fourth-order valence-corrected chi connectivity index (χ4v) is 2.98. The van der Waals surface area contributed by atoms with E-state index < -0.39 is 11.9 Å². The van der Waals surface area contributed by atoms with Crippen molar-refractivity contribution < 1.29 is 9.59 Å². The highest BCUT2D eigenvalue weighted by molar-refractivity contribution is 6.36. The molecule has 0 atom stereocenters. The Balaban J connectivity index is 2.00. The number of nitriles is 1. The molecule has 0 aromatic heterocycles. The Morgan fingerprint density at radius 3 is 2.20 bits per heavy atom. The fourth-order valence-electron chi connectivity index (χ4n) is 2.46. The molecule has 2 aromatic carbocycles. The maximum absolute atomic E-state index is 12.7. The number of likely N-dealkylation sites (N-methyl/N-ethyl adjacent to an activating group) is 1. The second kappa shape index (κ2) is 6.60. The van der Waals surface area contributed by atoms with Gasteiger partial charge in [-0.1, -0.05) is 35.3 Å². The fraction of sp³-hybridized carbons (Fsp3) is 0.0556. The second-order valence-corrected chi connectivity index (χ2v) is 6.25. The average molecular weight is 372 g/mol. The van der Waals surface area contributed by atoms with Crippen molar-refractivity contribution in [2.45, 2.75) is 0 Å². The standard InChI is InChI=1S/C18H11Cl2N3O2/c1-22-16(6-11-2-4-12(10-21)5-3-11)17(24)23(18(22)25)15-8-13(19)7-14(20)9-15/h2-9H,1H3. The third-order valence-electron chi connectivity index (χ3n) is 3.71. The summed E-state index contributed by atoms with van der Waals surface area (Å²) in [6, 6.07) is 12.7. The minimum absolute atomic E-state index is 0.214. The molecule has 5 nitrogen and oxygen atoms in total. The zero-order chi connectivity index (χ0) is 18.1. The summed E-state index contributed by atoms with van der Waals surface area (Å²) in [5, 5.41) is 9.49. The normalized spacial score (nSPS) is 15.8. The van der Waals surface area contributed by atoms with Crippen molar-refractivity contribution >= 4 is 46.9 Å². The van der Waals surface area contributed by atoms with E-state index in [1.165, 1.54) is 30.1 Å². The van der Waals surface area contributed by atoms with Crippen LogP contribution in [0.1, 0.15) is 11.1 Å². The van der Waals surface area contributed by atoms with Crippen molar-refractivity contribution in [3.63, 3.8) is 0 Å². The van der Waals surface area contributed by atoms with Crippen LogP contribution in [0.25, 0.3) is 6.08 Å². The number of benzene rings is 2. The molecule has 1 fully saturated rings. The number of imide groups is 1. The molecule has 0 N–H and O–H groups in total. The Bertz CT molecular complexity index is 926. The SMILES string of the molecule is CN1C(=O)N(c2cc(Cl)cc(Cl)c2)C(=O)C1=Cc1ccc(C#N)cc1. The van der Waals surface area contributed by atoms with Crippen LogP contribution in [0.2, 0.25) is 10.0 Å². The van der Waals surface area contributed by atoms with E-state index in [0.717, 1.165) is 4.90 Å². The topological polar surface area (TPSA) is 64.4 Å². The van der Waals surface area contributed by atoms with E-state index in [2.05, 4.69) is 0 Å². The molecular weight excluding hydrogens is 361 g/mol. The molecule has 3 amide bonds. The van der Waals surface area contributed by atoms with E-state index in [9.17, 15) is 9.59 Å². The summed E-state index contributed by atoms with van der Waals surface area (Å²) < 4.78 is 0. The molecule has 25 heavy (non-hydrogen) atoms. The van der Waals surface area contributed by atoms with E-state index in [1.54, 1.807) is 30.3 Å². The molecule has 0 saturated carbocycles. The molecule has 0 aliphatic carbocycles. The minimum atomic E-state index is -0.497. The third-order valence-corrected chi connectivity index (χ3v) is 4.15. The van der Waals surface area contributed by atoms with Crippen LogP contribution in [0.15, 0.2) is 48.2 Å². The zero-order valence-electron chi connectivity index (χ0n) is 13.0. The summed E-state index contributed by atoms with van der Waals surface area (Å²) in [4.78, 5) is 27.5. The molecule has 1 saturated heterocycles. The molecule has 1 aliphatic rings. The second-order valence-electron chi connectivity index (χ2n) is 5.37. The number of carbonyl (C=O) groups is 2. The summed E-state index contributed by atoms with van der Waals surface area (Å²) in [7, 11) is 1.52. The van der Waals surface area contributed by atoms with E-state index in [4.69, 9.17) is 28.5 Å². The molecule has 0 bridgehead atoms. The number of nitrogens with zero attached hydrogens (tertiary/aromatic N) is 3. The molecule has 124 valence electrons. The van der Waals surface area contributed by atoms with Crippen molar-refractivity contribution in [1.82, 2.24) is 4.90 Å². The number of hydrogen-bond acceptors (Lipinski definition) is 3. The maximum Gasteiger partial charge on any atom is 0.336 e. The first-order chi connectivity index (χ1) is 11.9. The Kier molecular flexibility index (Phi) is 4.49. The molecule has 0 radical (unpaired) electrons. The van der Waals surface area contributed by atoms with E-state index >= 15 is 0 Å². The first-order valence-electron chi connectivity index (χ1n) is 7.21. The number of anilines is 1. The summed E-state index contributed by atoms with van der Waals surface area (Å²) in [6.45, 7) is 0. The van der Waals surface area contributed by atoms with Gasteiger partial charge in [-0.3, -0.25) is 9.69 Å². The quantitative estimate of drug-likeness (QED) is 0.583. The van der Waals surface area contributed by atoms with Gasteiger partial charge in [-0.25, -0.2) is 9.69 Å². The monoisotopic (exact) mass is 371 g/mol.